The van der Waals surface area contributed by atoms with Crippen LogP contribution >= 0.6 is 0 Å². The number of para-hydroxylation sites is 1. The molecule has 5 rings (SSSR count). The number of ether oxygens (including phenoxy) is 4. The Kier molecular flexibility index (Phi) is 9.16. The summed E-state index contributed by atoms with van der Waals surface area (Å²) in [7, 11) is 1.64. The maximum absolute atomic E-state index is 11.6. The van der Waals surface area contributed by atoms with Crippen molar-refractivity contribution in [3.8, 4) is 11.5 Å². The highest BCUT2D eigenvalue weighted by atomic mass is 16.6. The summed E-state index contributed by atoms with van der Waals surface area (Å²) in [4.78, 5) is 12.9. The van der Waals surface area contributed by atoms with Crippen LogP contribution in [0.15, 0.2) is 97.1 Å². The van der Waals surface area contributed by atoms with Gasteiger partial charge in [-0.1, -0.05) is 66.7 Å². The first kappa shape index (κ1) is 27.5. The van der Waals surface area contributed by atoms with Gasteiger partial charge in [0.15, 0.2) is 0 Å². The summed E-state index contributed by atoms with van der Waals surface area (Å²) in [5, 5.41) is 13.9. The van der Waals surface area contributed by atoms with Crippen LogP contribution in [0.1, 0.15) is 23.5 Å². The average molecular weight is 541 g/mol. The second kappa shape index (κ2) is 13.3. The van der Waals surface area contributed by atoms with Gasteiger partial charge in [-0.2, -0.15) is 0 Å². The number of carboxylic acid groups (broad SMARTS) is 1. The van der Waals surface area contributed by atoms with E-state index in [0.717, 1.165) is 28.0 Å². The minimum absolute atomic E-state index is 0.0519. The monoisotopic (exact) mass is 540 g/mol. The van der Waals surface area contributed by atoms with Gasteiger partial charge in [-0.05, 0) is 58.7 Å². The third-order valence-corrected chi connectivity index (χ3v) is 7.35. The zero-order valence-corrected chi connectivity index (χ0v) is 22.6. The third kappa shape index (κ3) is 7.11. The molecule has 0 spiro atoms. The molecule has 1 aliphatic heterocycles. The molecular formula is C33H34NO6-. The van der Waals surface area contributed by atoms with Gasteiger partial charge in [-0.25, -0.2) is 0 Å². The molecule has 40 heavy (non-hydrogen) atoms. The van der Waals surface area contributed by atoms with Gasteiger partial charge in [0.2, 0.25) is 0 Å². The van der Waals surface area contributed by atoms with Crippen molar-refractivity contribution in [2.45, 2.75) is 31.2 Å². The normalized spacial score (nSPS) is 17.9. The van der Waals surface area contributed by atoms with Gasteiger partial charge in [0.05, 0.1) is 12.7 Å². The lowest BCUT2D eigenvalue weighted by Crippen LogP contribution is -2.51. The van der Waals surface area contributed by atoms with Crippen LogP contribution in [-0.4, -0.2) is 56.6 Å². The Bertz CT molecular complexity index is 1380. The van der Waals surface area contributed by atoms with Crippen LogP contribution in [0.4, 0.5) is 4.79 Å². The van der Waals surface area contributed by atoms with Gasteiger partial charge < -0.3 is 33.7 Å². The second-order valence-electron chi connectivity index (χ2n) is 10.00. The number of carbonyl (C=O) groups excluding carboxylic acids is 1. The van der Waals surface area contributed by atoms with Crippen molar-refractivity contribution in [1.29, 1.82) is 0 Å². The van der Waals surface area contributed by atoms with E-state index in [1.807, 2.05) is 66.7 Å². The van der Waals surface area contributed by atoms with Crippen molar-refractivity contribution >= 4 is 16.9 Å². The average Bonchev–Trinajstić information content (AvgIpc) is 3.00. The van der Waals surface area contributed by atoms with Gasteiger partial charge in [0.1, 0.15) is 36.9 Å². The smallest absolute Gasteiger partial charge is 0.137 e. The quantitative estimate of drug-likeness (QED) is 0.266. The lowest BCUT2D eigenvalue weighted by Gasteiger charge is -2.40. The largest absolute Gasteiger partial charge is 0.530 e. The lowest BCUT2D eigenvalue weighted by molar-refractivity contribution is -0.268. The zero-order valence-electron chi connectivity index (χ0n) is 22.6. The van der Waals surface area contributed by atoms with E-state index in [9.17, 15) is 9.90 Å². The number of benzene rings is 4. The molecule has 4 aromatic rings. The van der Waals surface area contributed by atoms with Crippen LogP contribution in [0.25, 0.3) is 10.8 Å². The van der Waals surface area contributed by atoms with E-state index in [4.69, 9.17) is 18.9 Å². The maximum Gasteiger partial charge on any atom is 0.137 e. The molecule has 0 N–H and O–H groups in total. The van der Waals surface area contributed by atoms with Crippen molar-refractivity contribution in [3.05, 3.63) is 108 Å². The van der Waals surface area contributed by atoms with Crippen molar-refractivity contribution in [3.63, 3.8) is 0 Å². The molecule has 3 atom stereocenters. The number of hydrogen-bond acceptors (Lipinski definition) is 6. The van der Waals surface area contributed by atoms with Gasteiger partial charge in [0.25, 0.3) is 0 Å². The Morgan fingerprint density at radius 3 is 2.25 bits per heavy atom. The van der Waals surface area contributed by atoms with Crippen LogP contribution in [0.2, 0.25) is 0 Å². The predicted octanol–water partition coefficient (Wildman–Crippen LogP) is 5.03. The zero-order chi connectivity index (χ0) is 27.7. The molecule has 0 radical (unpaired) electrons. The highest BCUT2D eigenvalue weighted by Gasteiger charge is 2.31. The molecule has 1 saturated heterocycles. The molecule has 1 aliphatic rings. The number of fused-ring (bicyclic) bond motifs is 1. The fourth-order valence-electron chi connectivity index (χ4n) is 5.05. The SMILES string of the molecule is COC(COc1ccccc1)COc1ccc(C2CCN(C(=O)[O-])CC2OCc2ccc3ccccc3c2)cc1. The number of nitrogens with zero attached hydrogens (tertiary/aromatic N) is 1. The lowest BCUT2D eigenvalue weighted by atomic mass is 9.87. The topological polar surface area (TPSA) is 80.3 Å². The summed E-state index contributed by atoms with van der Waals surface area (Å²) in [6.07, 6.45) is -1.02. The summed E-state index contributed by atoms with van der Waals surface area (Å²) in [5.41, 5.74) is 2.14. The minimum atomic E-state index is -1.16. The maximum atomic E-state index is 11.6. The Balaban J connectivity index is 1.20. The van der Waals surface area contributed by atoms with E-state index >= 15 is 0 Å². The molecule has 4 aromatic carbocycles. The van der Waals surface area contributed by atoms with Crippen LogP contribution in [0.3, 0.4) is 0 Å². The van der Waals surface area contributed by atoms with Crippen molar-refractivity contribution in [2.24, 2.45) is 0 Å². The summed E-state index contributed by atoms with van der Waals surface area (Å²) in [6.45, 7) is 1.82. The molecule has 1 heterocycles. The second-order valence-corrected chi connectivity index (χ2v) is 10.00. The van der Waals surface area contributed by atoms with Crippen LogP contribution in [-0.2, 0) is 16.1 Å². The van der Waals surface area contributed by atoms with Crippen molar-refractivity contribution in [1.82, 2.24) is 4.90 Å². The number of rotatable bonds is 11. The van der Waals surface area contributed by atoms with Crippen molar-refractivity contribution < 1.29 is 28.8 Å². The Labute approximate surface area is 234 Å². The molecule has 7 heteroatoms. The Morgan fingerprint density at radius 1 is 0.875 bits per heavy atom. The highest BCUT2D eigenvalue weighted by Crippen LogP contribution is 2.32. The molecule has 1 fully saturated rings. The summed E-state index contributed by atoms with van der Waals surface area (Å²) < 4.78 is 23.6. The van der Waals surface area contributed by atoms with Gasteiger partial charge in [-0.3, -0.25) is 0 Å². The Morgan fingerprint density at radius 2 is 1.55 bits per heavy atom. The summed E-state index contributed by atoms with van der Waals surface area (Å²) in [6, 6.07) is 32.0. The number of hydrogen-bond donors (Lipinski definition) is 0. The van der Waals surface area contributed by atoms with Gasteiger partial charge in [-0.15, -0.1) is 0 Å². The molecular weight excluding hydrogens is 506 g/mol. The van der Waals surface area contributed by atoms with Crippen LogP contribution < -0.4 is 14.6 Å². The Hall–Kier alpha value is -4.07. The highest BCUT2D eigenvalue weighted by molar-refractivity contribution is 5.82. The summed E-state index contributed by atoms with van der Waals surface area (Å²) >= 11 is 0. The van der Waals surface area contributed by atoms with E-state index in [2.05, 4.69) is 30.3 Å². The number of carbonyl (C=O) groups is 1. The molecule has 0 saturated carbocycles. The first-order valence-corrected chi connectivity index (χ1v) is 13.6. The molecule has 3 unspecified atom stereocenters. The number of likely N-dealkylation sites (tertiary alicyclic amines) is 1. The van der Waals surface area contributed by atoms with Crippen LogP contribution in [0.5, 0.6) is 11.5 Å². The van der Waals surface area contributed by atoms with E-state index in [-0.39, 0.29) is 24.7 Å². The van der Waals surface area contributed by atoms with Gasteiger partial charge >= 0.3 is 0 Å². The van der Waals surface area contributed by atoms with Crippen molar-refractivity contribution in [2.75, 3.05) is 33.4 Å². The number of piperidine rings is 1. The molecule has 7 nitrogen and oxygen atoms in total. The first-order chi connectivity index (χ1) is 19.6. The molecule has 0 bridgehead atoms. The molecule has 1 amide bonds. The molecule has 0 aromatic heterocycles. The fourth-order valence-corrected chi connectivity index (χ4v) is 5.05. The predicted molar refractivity (Wildman–Crippen MR) is 152 cm³/mol. The van der Waals surface area contributed by atoms with Crippen LogP contribution in [0, 0.1) is 0 Å². The minimum Gasteiger partial charge on any atom is -0.530 e. The number of amides is 1. The first-order valence-electron chi connectivity index (χ1n) is 13.6. The molecule has 0 aliphatic carbocycles. The molecule has 208 valence electrons. The van der Waals surface area contributed by atoms with E-state index in [0.29, 0.717) is 32.8 Å². The number of methoxy groups -OCH3 is 1. The van der Waals surface area contributed by atoms with E-state index < -0.39 is 6.09 Å². The van der Waals surface area contributed by atoms with E-state index in [1.54, 1.807) is 7.11 Å². The fraction of sp³-hybridized carbons (Fsp3) is 0.303. The van der Waals surface area contributed by atoms with E-state index in [1.165, 1.54) is 10.3 Å². The van der Waals surface area contributed by atoms with Gasteiger partial charge in [0, 0.05) is 26.1 Å². The standard InChI is InChI=1S/C33H35NO6/c1-37-30(22-38-28-9-3-2-4-10-28)23-39-29-15-13-26(14-16-29)31-17-18-34(33(35)36)20-32(31)40-21-24-11-12-25-7-5-6-8-27(25)19-24/h2-16,19,30-32H,17-18,20-23H2,1H3,(H,35,36)/p-1. The summed E-state index contributed by atoms with van der Waals surface area (Å²) in [5.74, 6) is 1.57. The third-order valence-electron chi connectivity index (χ3n) is 7.35.